The van der Waals surface area contributed by atoms with Crippen molar-refractivity contribution in [3.8, 4) is 0 Å². The fourth-order valence-electron chi connectivity index (χ4n) is 3.80. The number of sulfone groups is 1. The van der Waals surface area contributed by atoms with Crippen molar-refractivity contribution >= 4 is 33.2 Å². The van der Waals surface area contributed by atoms with Crippen molar-refractivity contribution in [1.82, 2.24) is 9.80 Å². The molecule has 9 heteroatoms. The Morgan fingerprint density at radius 1 is 0.967 bits per heavy atom. The SMILES string of the molecule is CN1C(=O)c2ccc(NC(=O)C(c3ccccc3)N3CCS(=O)(=O)CC3)cc2C1=O. The molecule has 8 nitrogen and oxygen atoms in total. The van der Waals surface area contributed by atoms with Crippen LogP contribution in [-0.4, -0.2) is 67.6 Å². The number of hydrogen-bond donors (Lipinski definition) is 1. The van der Waals surface area contributed by atoms with Gasteiger partial charge in [0.05, 0.1) is 22.6 Å². The van der Waals surface area contributed by atoms with Crippen LogP contribution in [0.1, 0.15) is 32.3 Å². The maximum absolute atomic E-state index is 13.2. The molecule has 4 rings (SSSR count). The van der Waals surface area contributed by atoms with Gasteiger partial charge in [-0.2, -0.15) is 0 Å². The molecule has 1 saturated heterocycles. The molecule has 2 aromatic carbocycles. The molecule has 2 heterocycles. The third kappa shape index (κ3) is 3.73. The van der Waals surface area contributed by atoms with Gasteiger partial charge in [0, 0.05) is 25.8 Å². The summed E-state index contributed by atoms with van der Waals surface area (Å²) in [5, 5.41) is 2.83. The van der Waals surface area contributed by atoms with Crippen LogP contribution in [0.15, 0.2) is 48.5 Å². The number of carbonyl (C=O) groups is 3. The van der Waals surface area contributed by atoms with E-state index in [4.69, 9.17) is 0 Å². The van der Waals surface area contributed by atoms with Crippen LogP contribution in [-0.2, 0) is 14.6 Å². The highest BCUT2D eigenvalue weighted by Gasteiger charge is 2.35. The highest BCUT2D eigenvalue weighted by Crippen LogP contribution is 2.28. The number of amides is 3. The molecule has 1 fully saturated rings. The Kier molecular flexibility index (Phi) is 5.17. The second-order valence-corrected chi connectivity index (χ2v) is 9.72. The van der Waals surface area contributed by atoms with Crippen molar-refractivity contribution in [2.45, 2.75) is 6.04 Å². The summed E-state index contributed by atoms with van der Waals surface area (Å²) in [7, 11) is -1.67. The van der Waals surface area contributed by atoms with Gasteiger partial charge in [-0.05, 0) is 23.8 Å². The van der Waals surface area contributed by atoms with Gasteiger partial charge in [-0.15, -0.1) is 0 Å². The van der Waals surface area contributed by atoms with Gasteiger partial charge in [-0.1, -0.05) is 30.3 Å². The lowest BCUT2D eigenvalue weighted by Crippen LogP contribution is -2.46. The van der Waals surface area contributed by atoms with E-state index in [2.05, 4.69) is 5.32 Å². The Morgan fingerprint density at radius 2 is 1.60 bits per heavy atom. The molecule has 156 valence electrons. The smallest absolute Gasteiger partial charge is 0.261 e. The van der Waals surface area contributed by atoms with E-state index in [0.29, 0.717) is 11.3 Å². The molecular formula is C21H21N3O5S. The van der Waals surface area contributed by atoms with Crippen molar-refractivity contribution in [3.05, 3.63) is 65.2 Å². The standard InChI is InChI=1S/C21H21N3O5S/c1-23-20(26)16-8-7-15(13-17(16)21(23)27)22-19(25)18(14-5-3-2-4-6-14)24-9-11-30(28,29)12-10-24/h2-8,13,18H,9-12H2,1H3,(H,22,25). The van der Waals surface area contributed by atoms with Gasteiger partial charge >= 0.3 is 0 Å². The van der Waals surface area contributed by atoms with Gasteiger partial charge in [-0.25, -0.2) is 8.42 Å². The van der Waals surface area contributed by atoms with E-state index >= 15 is 0 Å². The minimum absolute atomic E-state index is 0.00536. The number of nitrogens with zero attached hydrogens (tertiary/aromatic N) is 2. The van der Waals surface area contributed by atoms with Gasteiger partial charge in [-0.3, -0.25) is 24.2 Å². The summed E-state index contributed by atoms with van der Waals surface area (Å²) in [6, 6.07) is 13.1. The van der Waals surface area contributed by atoms with E-state index < -0.39 is 21.8 Å². The van der Waals surface area contributed by atoms with Crippen LogP contribution in [0.3, 0.4) is 0 Å². The highest BCUT2D eigenvalue weighted by atomic mass is 32.2. The van der Waals surface area contributed by atoms with E-state index in [9.17, 15) is 22.8 Å². The number of hydrogen-bond acceptors (Lipinski definition) is 6. The summed E-state index contributed by atoms with van der Waals surface area (Å²) in [5.41, 5.74) is 1.71. The number of imide groups is 1. The molecule has 1 N–H and O–H groups in total. The fraction of sp³-hybridized carbons (Fsp3) is 0.286. The van der Waals surface area contributed by atoms with Crippen LogP contribution >= 0.6 is 0 Å². The third-order valence-electron chi connectivity index (χ3n) is 5.47. The summed E-state index contributed by atoms with van der Waals surface area (Å²) in [6.45, 7) is 0.522. The molecule has 0 bridgehead atoms. The number of fused-ring (bicyclic) bond motifs is 1. The van der Waals surface area contributed by atoms with Crippen molar-refractivity contribution in [2.24, 2.45) is 0 Å². The first-order chi connectivity index (χ1) is 14.3. The average Bonchev–Trinajstić information content (AvgIpc) is 2.94. The lowest BCUT2D eigenvalue weighted by atomic mass is 10.0. The van der Waals surface area contributed by atoms with E-state index in [1.165, 1.54) is 19.2 Å². The van der Waals surface area contributed by atoms with Gasteiger partial charge < -0.3 is 5.32 Å². The van der Waals surface area contributed by atoms with Crippen molar-refractivity contribution in [1.29, 1.82) is 0 Å². The number of benzene rings is 2. The molecule has 0 radical (unpaired) electrons. The molecule has 30 heavy (non-hydrogen) atoms. The normalized spacial score (nSPS) is 19.4. The predicted molar refractivity (Wildman–Crippen MR) is 111 cm³/mol. The summed E-state index contributed by atoms with van der Waals surface area (Å²) in [4.78, 5) is 40.4. The molecule has 2 aromatic rings. The molecule has 0 aliphatic carbocycles. The first kappa shape index (κ1) is 20.2. The lowest BCUT2D eigenvalue weighted by molar-refractivity contribution is -0.121. The molecule has 3 amide bonds. The van der Waals surface area contributed by atoms with Gasteiger partial charge in [0.1, 0.15) is 6.04 Å². The van der Waals surface area contributed by atoms with Crippen LogP contribution in [0.25, 0.3) is 0 Å². The van der Waals surface area contributed by atoms with Crippen LogP contribution in [0.4, 0.5) is 5.69 Å². The van der Waals surface area contributed by atoms with E-state index in [1.807, 2.05) is 35.2 Å². The second kappa shape index (κ2) is 7.66. The molecule has 0 saturated carbocycles. The molecule has 0 aromatic heterocycles. The molecule has 2 aliphatic rings. The van der Waals surface area contributed by atoms with Crippen LogP contribution in [0.5, 0.6) is 0 Å². The fourth-order valence-corrected chi connectivity index (χ4v) is 5.03. The zero-order valence-corrected chi connectivity index (χ0v) is 17.2. The highest BCUT2D eigenvalue weighted by molar-refractivity contribution is 7.91. The molecule has 2 aliphatic heterocycles. The quantitative estimate of drug-likeness (QED) is 0.738. The summed E-state index contributed by atoms with van der Waals surface area (Å²) >= 11 is 0. The van der Waals surface area contributed by atoms with Crippen molar-refractivity contribution < 1.29 is 22.8 Å². The maximum atomic E-state index is 13.2. The number of anilines is 1. The van der Waals surface area contributed by atoms with Gasteiger partial charge in [0.15, 0.2) is 9.84 Å². The van der Waals surface area contributed by atoms with Crippen molar-refractivity contribution in [2.75, 3.05) is 37.0 Å². The Hall–Kier alpha value is -3.04. The molecular weight excluding hydrogens is 406 g/mol. The van der Waals surface area contributed by atoms with Crippen LogP contribution in [0.2, 0.25) is 0 Å². The number of nitrogens with one attached hydrogen (secondary N) is 1. The zero-order valence-electron chi connectivity index (χ0n) is 16.4. The first-order valence-electron chi connectivity index (χ1n) is 9.53. The summed E-state index contributed by atoms with van der Waals surface area (Å²) in [6.07, 6.45) is 0. The van der Waals surface area contributed by atoms with E-state index in [-0.39, 0.29) is 42.0 Å². The van der Waals surface area contributed by atoms with E-state index in [0.717, 1.165) is 10.5 Å². The monoisotopic (exact) mass is 427 g/mol. The Labute approximate surface area is 174 Å². The molecule has 1 atom stereocenters. The molecule has 1 unspecified atom stereocenters. The largest absolute Gasteiger partial charge is 0.324 e. The first-order valence-corrected chi connectivity index (χ1v) is 11.4. The Morgan fingerprint density at radius 3 is 2.27 bits per heavy atom. The zero-order chi connectivity index (χ0) is 21.5. The lowest BCUT2D eigenvalue weighted by Gasteiger charge is -2.33. The van der Waals surface area contributed by atoms with Crippen LogP contribution in [0, 0.1) is 0 Å². The minimum atomic E-state index is -3.09. The van der Waals surface area contributed by atoms with E-state index in [1.54, 1.807) is 6.07 Å². The topological polar surface area (TPSA) is 104 Å². The second-order valence-electron chi connectivity index (χ2n) is 7.42. The predicted octanol–water partition coefficient (Wildman–Crippen LogP) is 1.32. The molecule has 0 spiro atoms. The average molecular weight is 427 g/mol. The van der Waals surface area contributed by atoms with Gasteiger partial charge in [0.2, 0.25) is 5.91 Å². The van der Waals surface area contributed by atoms with Gasteiger partial charge in [0.25, 0.3) is 11.8 Å². The number of carbonyl (C=O) groups excluding carboxylic acids is 3. The Balaban J connectivity index is 1.60. The van der Waals surface area contributed by atoms with Crippen molar-refractivity contribution in [3.63, 3.8) is 0 Å². The van der Waals surface area contributed by atoms with Crippen LogP contribution < -0.4 is 5.32 Å². The minimum Gasteiger partial charge on any atom is -0.324 e. The Bertz CT molecular complexity index is 1120. The summed E-state index contributed by atoms with van der Waals surface area (Å²) < 4.78 is 23.6. The summed E-state index contributed by atoms with van der Waals surface area (Å²) in [5.74, 6) is -1.10. The maximum Gasteiger partial charge on any atom is 0.261 e. The third-order valence-corrected chi connectivity index (χ3v) is 7.07. The number of rotatable bonds is 4.